The summed E-state index contributed by atoms with van der Waals surface area (Å²) in [4.78, 5) is 10.5. The highest BCUT2D eigenvalue weighted by molar-refractivity contribution is 5.95. The molecule has 0 aliphatic heterocycles. The van der Waals surface area contributed by atoms with Crippen molar-refractivity contribution in [1.82, 2.24) is 0 Å². The number of aldehydes is 1. The highest BCUT2D eigenvalue weighted by atomic mass is 16.5. The Morgan fingerprint density at radius 2 is 1.60 bits per heavy atom. The predicted octanol–water partition coefficient (Wildman–Crippen LogP) is 3.27. The summed E-state index contributed by atoms with van der Waals surface area (Å²) in [6.07, 6.45) is 4.04. The number of nitrogens with zero attached hydrogens (tertiary/aromatic N) is 1. The van der Waals surface area contributed by atoms with E-state index >= 15 is 0 Å². The molecule has 0 fully saturated rings. The molecule has 3 heteroatoms. The number of carbonyl (C=O) groups excluding carboxylic acids is 1. The molecule has 0 unspecified atom stereocenters. The van der Waals surface area contributed by atoms with E-state index in [0.29, 0.717) is 24.1 Å². The van der Waals surface area contributed by atoms with Crippen molar-refractivity contribution in [2.75, 3.05) is 0 Å². The lowest BCUT2D eigenvalue weighted by Gasteiger charge is -2.08. The van der Waals surface area contributed by atoms with Gasteiger partial charge in [0.2, 0.25) is 5.69 Å². The van der Waals surface area contributed by atoms with Crippen molar-refractivity contribution >= 4 is 17.7 Å². The third kappa shape index (κ3) is 3.65. The lowest BCUT2D eigenvalue weighted by atomic mass is 10.1. The fourth-order valence-electron chi connectivity index (χ4n) is 1.88. The van der Waals surface area contributed by atoms with Crippen molar-refractivity contribution in [3.63, 3.8) is 0 Å². The molecule has 2 rings (SSSR count). The Labute approximate surface area is 118 Å². The first kappa shape index (κ1) is 13.7. The Balaban J connectivity index is 2.36. The molecule has 0 radical (unpaired) electrons. The first-order valence-electron chi connectivity index (χ1n) is 6.35. The molecule has 0 saturated carbocycles. The van der Waals surface area contributed by atoms with Crippen LogP contribution < -0.4 is 0 Å². The summed E-state index contributed by atoms with van der Waals surface area (Å²) in [6.45, 7) is 0. The molecule has 0 aliphatic carbocycles. The van der Waals surface area contributed by atoms with Crippen molar-refractivity contribution in [3.8, 4) is 0 Å². The maximum Gasteiger partial charge on any atom is 0.216 e. The van der Waals surface area contributed by atoms with Crippen molar-refractivity contribution < 1.29 is 9.53 Å². The molecule has 0 aliphatic rings. The van der Waals surface area contributed by atoms with E-state index in [4.69, 9.17) is 0 Å². The normalized spacial score (nSPS) is 12.2. The van der Waals surface area contributed by atoms with Crippen molar-refractivity contribution in [2.24, 2.45) is 0 Å². The van der Waals surface area contributed by atoms with Crippen LogP contribution >= 0.6 is 0 Å². The minimum atomic E-state index is 0.476. The van der Waals surface area contributed by atoms with Gasteiger partial charge in [0, 0.05) is 18.2 Å². The summed E-state index contributed by atoms with van der Waals surface area (Å²) < 4.78 is 0.854. The van der Waals surface area contributed by atoms with Gasteiger partial charge in [-0.1, -0.05) is 48.5 Å². The van der Waals surface area contributed by atoms with E-state index in [2.05, 4.69) is 0 Å². The molecule has 2 aromatic carbocycles. The number of carbonyl (C=O) groups is 1. The highest BCUT2D eigenvalue weighted by Crippen LogP contribution is 2.12. The van der Waals surface area contributed by atoms with E-state index in [1.807, 2.05) is 48.5 Å². The molecule has 0 spiro atoms. The molecule has 100 valence electrons. The van der Waals surface area contributed by atoms with Gasteiger partial charge in [0.1, 0.15) is 6.29 Å². The Morgan fingerprint density at radius 1 is 1.00 bits per heavy atom. The second kappa shape index (κ2) is 7.04. The summed E-state index contributed by atoms with van der Waals surface area (Å²) in [7, 11) is 0. The van der Waals surface area contributed by atoms with Crippen LogP contribution in [0.5, 0.6) is 0 Å². The molecule has 2 aromatic rings. The molecule has 0 amide bonds. The van der Waals surface area contributed by atoms with Crippen molar-refractivity contribution in [1.29, 1.82) is 0 Å². The zero-order valence-corrected chi connectivity index (χ0v) is 11.0. The second-order valence-electron chi connectivity index (χ2n) is 4.28. The van der Waals surface area contributed by atoms with E-state index in [1.165, 1.54) is 6.08 Å². The molecular formula is C17H15NO2. The summed E-state index contributed by atoms with van der Waals surface area (Å²) >= 11 is 0. The third-order valence-corrected chi connectivity index (χ3v) is 2.85. The molecule has 0 bridgehead atoms. The van der Waals surface area contributed by atoms with E-state index in [-0.39, 0.29) is 0 Å². The van der Waals surface area contributed by atoms with Gasteiger partial charge in [-0.3, -0.25) is 4.79 Å². The van der Waals surface area contributed by atoms with Crippen LogP contribution in [-0.2, 0) is 11.2 Å². The van der Waals surface area contributed by atoms with Crippen molar-refractivity contribution in [3.05, 3.63) is 83.6 Å². The zero-order chi connectivity index (χ0) is 14.2. The minimum Gasteiger partial charge on any atom is -0.618 e. The monoisotopic (exact) mass is 265 g/mol. The maximum absolute atomic E-state index is 12.4. The molecule has 0 aromatic heterocycles. The number of benzene rings is 2. The highest BCUT2D eigenvalue weighted by Gasteiger charge is 2.10. The third-order valence-electron chi connectivity index (χ3n) is 2.85. The number of hydrogen-bond acceptors (Lipinski definition) is 2. The maximum atomic E-state index is 12.4. The molecule has 0 N–H and O–H groups in total. The fraction of sp³-hybridized carbons (Fsp3) is 0.0588. The summed E-state index contributed by atoms with van der Waals surface area (Å²) in [6, 6.07) is 18.6. The van der Waals surface area contributed by atoms with Gasteiger partial charge in [0.05, 0.1) is 6.42 Å². The fourth-order valence-corrected chi connectivity index (χ4v) is 1.88. The molecule has 0 heterocycles. The van der Waals surface area contributed by atoms with Crippen LogP contribution in [0.1, 0.15) is 5.56 Å². The first-order chi connectivity index (χ1) is 9.81. The minimum absolute atomic E-state index is 0.476. The van der Waals surface area contributed by atoms with E-state index in [1.54, 1.807) is 18.2 Å². The number of para-hydroxylation sites is 1. The van der Waals surface area contributed by atoms with Crippen LogP contribution in [0.15, 0.2) is 72.8 Å². The van der Waals surface area contributed by atoms with Crippen LogP contribution in [0, 0.1) is 5.21 Å². The molecular weight excluding hydrogens is 250 g/mol. The van der Waals surface area contributed by atoms with E-state index < -0.39 is 0 Å². The topological polar surface area (TPSA) is 43.1 Å². The van der Waals surface area contributed by atoms with Gasteiger partial charge < -0.3 is 5.21 Å². The van der Waals surface area contributed by atoms with Crippen LogP contribution in [0.25, 0.3) is 0 Å². The molecule has 20 heavy (non-hydrogen) atoms. The van der Waals surface area contributed by atoms with Gasteiger partial charge in [0.15, 0.2) is 5.71 Å². The lowest BCUT2D eigenvalue weighted by Crippen LogP contribution is -2.12. The summed E-state index contributed by atoms with van der Waals surface area (Å²) in [5.41, 5.74) is 2.10. The van der Waals surface area contributed by atoms with Crippen LogP contribution in [-0.4, -0.2) is 16.7 Å². The summed E-state index contributed by atoms with van der Waals surface area (Å²) in [5, 5.41) is 12.4. The Hall–Kier alpha value is -2.68. The van der Waals surface area contributed by atoms with Crippen LogP contribution in [0.3, 0.4) is 0 Å². The standard InChI is InChI=1S/C17H15NO2/c19-13-7-12-17(14-15-8-3-1-4-9-15)18(20)16-10-5-2-6-11-16/h1-13H,14H2/b12-7+,18-17-. The Kier molecular flexibility index (Phi) is 4.84. The zero-order valence-electron chi connectivity index (χ0n) is 11.0. The van der Waals surface area contributed by atoms with E-state index in [0.717, 1.165) is 10.3 Å². The van der Waals surface area contributed by atoms with Gasteiger partial charge in [-0.05, 0) is 11.6 Å². The van der Waals surface area contributed by atoms with Crippen LogP contribution in [0.4, 0.5) is 5.69 Å². The van der Waals surface area contributed by atoms with Gasteiger partial charge in [-0.25, -0.2) is 0 Å². The van der Waals surface area contributed by atoms with Gasteiger partial charge >= 0.3 is 0 Å². The second-order valence-corrected chi connectivity index (χ2v) is 4.28. The summed E-state index contributed by atoms with van der Waals surface area (Å²) in [5.74, 6) is 0. The number of rotatable bonds is 5. The smallest absolute Gasteiger partial charge is 0.216 e. The van der Waals surface area contributed by atoms with Gasteiger partial charge in [-0.15, -0.1) is 0 Å². The quantitative estimate of drug-likeness (QED) is 0.208. The van der Waals surface area contributed by atoms with Gasteiger partial charge in [-0.2, -0.15) is 4.74 Å². The molecule has 0 saturated heterocycles. The Bertz CT molecular complexity index is 616. The first-order valence-corrected chi connectivity index (χ1v) is 6.35. The Morgan fingerprint density at radius 3 is 2.20 bits per heavy atom. The van der Waals surface area contributed by atoms with E-state index in [9.17, 15) is 10.0 Å². The van der Waals surface area contributed by atoms with Gasteiger partial charge in [0.25, 0.3) is 0 Å². The number of allylic oxidation sites excluding steroid dienone is 2. The molecule has 3 nitrogen and oxygen atoms in total. The van der Waals surface area contributed by atoms with Crippen LogP contribution in [0.2, 0.25) is 0 Å². The average molecular weight is 265 g/mol. The largest absolute Gasteiger partial charge is 0.618 e. The SMILES string of the molecule is O=C/C=C/C(Cc1ccccc1)=[N+](/[O-])c1ccccc1. The molecule has 0 atom stereocenters. The number of hydrogen-bond donors (Lipinski definition) is 0. The predicted molar refractivity (Wildman–Crippen MR) is 80.1 cm³/mol. The average Bonchev–Trinajstić information content (AvgIpc) is 2.52. The van der Waals surface area contributed by atoms with Crippen molar-refractivity contribution in [2.45, 2.75) is 6.42 Å². The lowest BCUT2D eigenvalue weighted by molar-refractivity contribution is -0.361.